The third kappa shape index (κ3) is 7.92. The molecule has 2 saturated heterocycles. The summed E-state index contributed by atoms with van der Waals surface area (Å²) in [5, 5.41) is 3.14. The van der Waals surface area contributed by atoms with Crippen molar-refractivity contribution in [1.82, 2.24) is 5.32 Å². The zero-order valence-electron chi connectivity index (χ0n) is 20.4. The molecule has 0 aromatic rings. The van der Waals surface area contributed by atoms with Crippen LogP contribution in [0.15, 0.2) is 0 Å². The second-order valence-electron chi connectivity index (χ2n) is 8.14. The van der Waals surface area contributed by atoms with E-state index in [0.29, 0.717) is 13.0 Å². The van der Waals surface area contributed by atoms with Crippen molar-refractivity contribution in [1.29, 1.82) is 0 Å². The molecule has 1 N–H and O–H groups in total. The molecule has 0 aromatic heterocycles. The molecular weight excluding hydrogens is 450 g/mol. The van der Waals surface area contributed by atoms with Crippen LogP contribution in [0, 0.1) is 11.8 Å². The van der Waals surface area contributed by atoms with Crippen molar-refractivity contribution in [3.63, 3.8) is 0 Å². The molecule has 194 valence electrons. The number of fused-ring (bicyclic) bond motifs is 1. The van der Waals surface area contributed by atoms with E-state index in [-0.39, 0.29) is 70.0 Å². The standard InChI is InChI=1S/C23H37NO10/c1-5-29-18(25)10-14(22(27)31-7-3)9-15-12-33-21-17(13-34-20(15)21)24-16(23(28)32-8-4)11-19(26)30-6-2/h14-17,20-21,24H,5-13H2,1-4H3. The molecular formula is C23H37NO10. The van der Waals surface area contributed by atoms with Crippen LogP contribution in [-0.2, 0) is 47.6 Å². The Balaban J connectivity index is 2.02. The maximum atomic E-state index is 12.4. The third-order valence-electron chi connectivity index (χ3n) is 5.74. The van der Waals surface area contributed by atoms with Gasteiger partial charge < -0.3 is 28.4 Å². The number of nitrogens with one attached hydrogen (secondary N) is 1. The van der Waals surface area contributed by atoms with Crippen LogP contribution < -0.4 is 5.32 Å². The van der Waals surface area contributed by atoms with E-state index in [9.17, 15) is 19.2 Å². The molecule has 2 aliphatic rings. The molecule has 2 rings (SSSR count). The monoisotopic (exact) mass is 487 g/mol. The van der Waals surface area contributed by atoms with E-state index in [4.69, 9.17) is 28.4 Å². The first kappa shape index (κ1) is 28.0. The van der Waals surface area contributed by atoms with E-state index < -0.39 is 35.8 Å². The molecule has 0 bridgehead atoms. The third-order valence-corrected chi connectivity index (χ3v) is 5.74. The van der Waals surface area contributed by atoms with Crippen LogP contribution in [0.3, 0.4) is 0 Å². The Morgan fingerprint density at radius 1 is 0.765 bits per heavy atom. The van der Waals surface area contributed by atoms with Crippen LogP contribution in [0.25, 0.3) is 0 Å². The second kappa shape index (κ2) is 14.2. The molecule has 6 atom stereocenters. The number of hydrogen-bond donors (Lipinski definition) is 1. The van der Waals surface area contributed by atoms with Gasteiger partial charge in [0.1, 0.15) is 12.1 Å². The van der Waals surface area contributed by atoms with E-state index in [1.54, 1.807) is 27.7 Å². The first-order valence-corrected chi connectivity index (χ1v) is 12.0. The number of carbonyl (C=O) groups excluding carboxylic acids is 4. The van der Waals surface area contributed by atoms with Gasteiger partial charge in [-0.15, -0.1) is 0 Å². The Hall–Kier alpha value is -2.24. The fraction of sp³-hybridized carbons (Fsp3) is 0.826. The predicted molar refractivity (Wildman–Crippen MR) is 118 cm³/mol. The molecule has 2 heterocycles. The zero-order chi connectivity index (χ0) is 25.1. The maximum absolute atomic E-state index is 12.4. The van der Waals surface area contributed by atoms with E-state index >= 15 is 0 Å². The van der Waals surface area contributed by atoms with Crippen molar-refractivity contribution in [3.8, 4) is 0 Å². The van der Waals surface area contributed by atoms with Crippen molar-refractivity contribution in [2.45, 2.75) is 71.2 Å². The van der Waals surface area contributed by atoms with Crippen LogP contribution >= 0.6 is 0 Å². The largest absolute Gasteiger partial charge is 0.466 e. The Bertz CT molecular complexity index is 641. The van der Waals surface area contributed by atoms with Crippen molar-refractivity contribution in [2.75, 3.05) is 39.6 Å². The summed E-state index contributed by atoms with van der Waals surface area (Å²) in [5.74, 6) is -2.79. The summed E-state index contributed by atoms with van der Waals surface area (Å²) >= 11 is 0. The normalized spacial score (nSPS) is 25.2. The van der Waals surface area contributed by atoms with Crippen molar-refractivity contribution < 1.29 is 47.6 Å². The van der Waals surface area contributed by atoms with Crippen molar-refractivity contribution in [3.05, 3.63) is 0 Å². The second-order valence-corrected chi connectivity index (χ2v) is 8.14. The zero-order valence-corrected chi connectivity index (χ0v) is 20.4. The van der Waals surface area contributed by atoms with E-state index in [0.717, 1.165) is 0 Å². The molecule has 0 spiro atoms. The van der Waals surface area contributed by atoms with E-state index in [1.165, 1.54) is 0 Å². The van der Waals surface area contributed by atoms with Crippen molar-refractivity contribution in [2.24, 2.45) is 11.8 Å². The van der Waals surface area contributed by atoms with Gasteiger partial charge >= 0.3 is 23.9 Å². The fourth-order valence-electron chi connectivity index (χ4n) is 4.33. The number of rotatable bonds is 14. The van der Waals surface area contributed by atoms with E-state index in [1.807, 2.05) is 0 Å². The van der Waals surface area contributed by atoms with Gasteiger partial charge in [0.2, 0.25) is 0 Å². The van der Waals surface area contributed by atoms with Gasteiger partial charge in [0.05, 0.1) is 70.5 Å². The number of ether oxygens (including phenoxy) is 6. The number of esters is 4. The highest BCUT2D eigenvalue weighted by Gasteiger charge is 2.49. The lowest BCUT2D eigenvalue weighted by atomic mass is 9.88. The smallest absolute Gasteiger partial charge is 0.323 e. The summed E-state index contributed by atoms with van der Waals surface area (Å²) in [4.78, 5) is 48.8. The molecule has 0 saturated carbocycles. The molecule has 0 aromatic carbocycles. The molecule has 0 amide bonds. The minimum Gasteiger partial charge on any atom is -0.466 e. The molecule has 11 heteroatoms. The molecule has 6 unspecified atom stereocenters. The van der Waals surface area contributed by atoms with Gasteiger partial charge in [0.15, 0.2) is 0 Å². The van der Waals surface area contributed by atoms with Crippen LogP contribution in [0.1, 0.15) is 47.0 Å². The molecule has 0 aliphatic carbocycles. The Morgan fingerprint density at radius 2 is 1.32 bits per heavy atom. The summed E-state index contributed by atoms with van der Waals surface area (Å²) in [6.45, 7) is 8.22. The maximum Gasteiger partial charge on any atom is 0.323 e. The van der Waals surface area contributed by atoms with Crippen LogP contribution in [0.2, 0.25) is 0 Å². The highest BCUT2D eigenvalue weighted by Crippen LogP contribution is 2.36. The Morgan fingerprint density at radius 3 is 1.94 bits per heavy atom. The first-order chi connectivity index (χ1) is 16.3. The van der Waals surface area contributed by atoms with Gasteiger partial charge in [-0.1, -0.05) is 0 Å². The fourth-order valence-corrected chi connectivity index (χ4v) is 4.33. The predicted octanol–water partition coefficient (Wildman–Crippen LogP) is 0.766. The van der Waals surface area contributed by atoms with Crippen LogP contribution in [0.5, 0.6) is 0 Å². The quantitative estimate of drug-likeness (QED) is 0.275. The lowest BCUT2D eigenvalue weighted by Gasteiger charge is -2.23. The Labute approximate surface area is 200 Å². The summed E-state index contributed by atoms with van der Waals surface area (Å²) < 4.78 is 32.2. The van der Waals surface area contributed by atoms with Gasteiger partial charge in [0, 0.05) is 5.92 Å². The number of carbonyl (C=O) groups is 4. The lowest BCUT2D eigenvalue weighted by Crippen LogP contribution is -2.50. The molecule has 0 radical (unpaired) electrons. The van der Waals surface area contributed by atoms with Crippen LogP contribution in [0.4, 0.5) is 0 Å². The van der Waals surface area contributed by atoms with Gasteiger partial charge in [0.25, 0.3) is 0 Å². The Kier molecular flexibility index (Phi) is 11.7. The highest BCUT2D eigenvalue weighted by atomic mass is 16.6. The topological polar surface area (TPSA) is 136 Å². The van der Waals surface area contributed by atoms with Gasteiger partial charge in [-0.05, 0) is 34.1 Å². The SMILES string of the molecule is CCOC(=O)CC(CC1COC2C(NC(CC(=O)OCC)C(=O)OCC)COC12)C(=O)OCC. The average molecular weight is 488 g/mol. The van der Waals surface area contributed by atoms with Crippen molar-refractivity contribution >= 4 is 23.9 Å². The number of hydrogen-bond acceptors (Lipinski definition) is 11. The van der Waals surface area contributed by atoms with Gasteiger partial charge in [-0.25, -0.2) is 0 Å². The summed E-state index contributed by atoms with van der Waals surface area (Å²) in [5.41, 5.74) is 0. The van der Waals surface area contributed by atoms with Gasteiger partial charge in [-0.3, -0.25) is 24.5 Å². The lowest BCUT2D eigenvalue weighted by molar-refractivity contribution is -0.155. The molecule has 11 nitrogen and oxygen atoms in total. The first-order valence-electron chi connectivity index (χ1n) is 12.0. The summed E-state index contributed by atoms with van der Waals surface area (Å²) in [6, 6.07) is -1.25. The van der Waals surface area contributed by atoms with E-state index in [2.05, 4.69) is 5.32 Å². The summed E-state index contributed by atoms with van der Waals surface area (Å²) in [6.07, 6.45) is -0.617. The molecule has 34 heavy (non-hydrogen) atoms. The molecule has 2 aliphatic heterocycles. The van der Waals surface area contributed by atoms with Crippen LogP contribution in [-0.4, -0.2) is 87.8 Å². The average Bonchev–Trinajstić information content (AvgIpc) is 3.36. The van der Waals surface area contributed by atoms with Gasteiger partial charge in [-0.2, -0.15) is 0 Å². The molecule has 2 fully saturated rings. The highest BCUT2D eigenvalue weighted by molar-refractivity contribution is 5.82. The minimum atomic E-state index is -0.898. The minimum absolute atomic E-state index is 0.0767. The summed E-state index contributed by atoms with van der Waals surface area (Å²) in [7, 11) is 0.